The number of amides is 1. The number of likely N-dealkylation sites (tertiary alicyclic amines) is 1. The first-order valence-corrected chi connectivity index (χ1v) is 7.13. The molecule has 18 heavy (non-hydrogen) atoms. The largest absolute Gasteiger partial charge is 0.348 e. The number of carbonyl (C=O) groups is 1. The zero-order valence-electron chi connectivity index (χ0n) is 10.8. The number of benzene rings is 1. The van der Waals surface area contributed by atoms with Crippen molar-refractivity contribution in [1.82, 2.24) is 10.2 Å². The fourth-order valence-electron chi connectivity index (χ4n) is 2.39. The first kappa shape index (κ1) is 13.6. The van der Waals surface area contributed by atoms with Crippen molar-refractivity contribution in [3.63, 3.8) is 0 Å². The number of halogens is 1. The smallest absolute Gasteiger partial charge is 0.237 e. The Morgan fingerprint density at radius 3 is 2.67 bits per heavy atom. The summed E-state index contributed by atoms with van der Waals surface area (Å²) in [5.74, 6) is 0.144. The van der Waals surface area contributed by atoms with E-state index in [0.717, 1.165) is 29.4 Å². The van der Waals surface area contributed by atoms with Gasteiger partial charge in [-0.15, -0.1) is 0 Å². The summed E-state index contributed by atoms with van der Waals surface area (Å²) in [5, 5.41) is 3.09. The van der Waals surface area contributed by atoms with Gasteiger partial charge in [0.1, 0.15) is 0 Å². The van der Waals surface area contributed by atoms with Gasteiger partial charge in [0.25, 0.3) is 0 Å². The van der Waals surface area contributed by atoms with Gasteiger partial charge in [0.15, 0.2) is 0 Å². The Kier molecular flexibility index (Phi) is 4.40. The van der Waals surface area contributed by atoms with Crippen LogP contribution in [-0.4, -0.2) is 30.4 Å². The average molecular weight is 311 g/mol. The fraction of sp³-hybridized carbons (Fsp3) is 0.500. The number of carbonyl (C=O) groups excluding carboxylic acids is 1. The molecule has 1 aromatic rings. The highest BCUT2D eigenvalue weighted by Crippen LogP contribution is 2.19. The van der Waals surface area contributed by atoms with Crippen LogP contribution in [0.25, 0.3) is 0 Å². The Balaban J connectivity index is 1.96. The summed E-state index contributed by atoms with van der Waals surface area (Å²) in [6.45, 7) is 3.04. The molecule has 0 aromatic heterocycles. The van der Waals surface area contributed by atoms with Crippen molar-refractivity contribution >= 4 is 21.8 Å². The van der Waals surface area contributed by atoms with Gasteiger partial charge >= 0.3 is 0 Å². The van der Waals surface area contributed by atoms with E-state index in [4.69, 9.17) is 0 Å². The van der Waals surface area contributed by atoms with E-state index in [1.165, 1.54) is 0 Å². The summed E-state index contributed by atoms with van der Waals surface area (Å²) in [6.07, 6.45) is 2.08. The van der Waals surface area contributed by atoms with E-state index < -0.39 is 0 Å². The van der Waals surface area contributed by atoms with Gasteiger partial charge in [-0.2, -0.15) is 0 Å². The zero-order chi connectivity index (χ0) is 13.1. The second kappa shape index (κ2) is 5.85. The molecular formula is C14H19BrN2O. The number of hydrogen-bond donors (Lipinski definition) is 1. The second-order valence-corrected chi connectivity index (χ2v) is 5.84. The van der Waals surface area contributed by atoms with Crippen LogP contribution in [0.5, 0.6) is 0 Å². The van der Waals surface area contributed by atoms with Crippen molar-refractivity contribution in [1.29, 1.82) is 0 Å². The molecular weight excluding hydrogens is 292 g/mol. The van der Waals surface area contributed by atoms with Gasteiger partial charge in [0.05, 0.1) is 12.1 Å². The van der Waals surface area contributed by atoms with E-state index >= 15 is 0 Å². The van der Waals surface area contributed by atoms with E-state index in [-0.39, 0.29) is 18.0 Å². The van der Waals surface area contributed by atoms with Gasteiger partial charge in [-0.1, -0.05) is 28.1 Å². The molecule has 1 saturated heterocycles. The van der Waals surface area contributed by atoms with Crippen LogP contribution in [0, 0.1) is 0 Å². The van der Waals surface area contributed by atoms with Crippen molar-refractivity contribution in [3.8, 4) is 0 Å². The highest BCUT2D eigenvalue weighted by atomic mass is 79.9. The maximum Gasteiger partial charge on any atom is 0.237 e. The van der Waals surface area contributed by atoms with Crippen LogP contribution in [0.15, 0.2) is 28.7 Å². The lowest BCUT2D eigenvalue weighted by Gasteiger charge is -2.22. The summed E-state index contributed by atoms with van der Waals surface area (Å²) in [5.41, 5.74) is 1.13. The molecule has 4 heteroatoms. The minimum atomic E-state index is 0.0444. The first-order chi connectivity index (χ1) is 8.58. The van der Waals surface area contributed by atoms with Crippen molar-refractivity contribution in [2.45, 2.75) is 31.8 Å². The van der Waals surface area contributed by atoms with Gasteiger partial charge < -0.3 is 5.32 Å². The Morgan fingerprint density at radius 2 is 2.11 bits per heavy atom. The van der Waals surface area contributed by atoms with Gasteiger partial charge in [-0.25, -0.2) is 0 Å². The van der Waals surface area contributed by atoms with E-state index in [1.54, 1.807) is 0 Å². The molecule has 0 bridgehead atoms. The Labute approximate surface area is 117 Å². The van der Waals surface area contributed by atoms with Gasteiger partial charge in [0.2, 0.25) is 5.91 Å². The fourth-order valence-corrected chi connectivity index (χ4v) is 2.65. The predicted octanol–water partition coefficient (Wildman–Crippen LogP) is 2.72. The first-order valence-electron chi connectivity index (χ1n) is 6.34. The van der Waals surface area contributed by atoms with Gasteiger partial charge in [0, 0.05) is 4.47 Å². The lowest BCUT2D eigenvalue weighted by Crippen LogP contribution is -2.42. The lowest BCUT2D eigenvalue weighted by atomic mass is 10.1. The minimum absolute atomic E-state index is 0.0444. The quantitative estimate of drug-likeness (QED) is 0.931. The van der Waals surface area contributed by atoms with E-state index in [0.29, 0.717) is 0 Å². The molecule has 1 aliphatic heterocycles. The molecule has 2 rings (SSSR count). The molecule has 1 N–H and O–H groups in total. The van der Waals surface area contributed by atoms with E-state index in [9.17, 15) is 4.79 Å². The average Bonchev–Trinajstić information content (AvgIpc) is 2.76. The minimum Gasteiger partial charge on any atom is -0.348 e. The molecule has 0 aliphatic carbocycles. The third-order valence-electron chi connectivity index (χ3n) is 3.55. The molecule has 0 spiro atoms. The standard InChI is InChI=1S/C14H19BrN2O/c1-10(11-5-7-12(15)8-6-11)16-14(18)13-4-3-9-17(13)2/h5-8,10,13H,3-4,9H2,1-2H3,(H,16,18)/t10?,13-/m1/s1. The molecule has 2 atom stereocenters. The summed E-state index contributed by atoms with van der Waals surface area (Å²) in [6, 6.07) is 8.17. The molecule has 0 saturated carbocycles. The number of likely N-dealkylation sites (N-methyl/N-ethyl adjacent to an activating group) is 1. The van der Waals surface area contributed by atoms with Crippen LogP contribution >= 0.6 is 15.9 Å². The van der Waals surface area contributed by atoms with Crippen LogP contribution in [0.2, 0.25) is 0 Å². The lowest BCUT2D eigenvalue weighted by molar-refractivity contribution is -0.125. The van der Waals surface area contributed by atoms with Crippen LogP contribution < -0.4 is 5.32 Å². The predicted molar refractivity (Wildman–Crippen MR) is 76.4 cm³/mol. The number of hydrogen-bond acceptors (Lipinski definition) is 2. The maximum absolute atomic E-state index is 12.1. The Bertz CT molecular complexity index is 418. The third-order valence-corrected chi connectivity index (χ3v) is 4.08. The van der Waals surface area contributed by atoms with Crippen molar-refractivity contribution in [3.05, 3.63) is 34.3 Å². The molecule has 1 fully saturated rings. The van der Waals surface area contributed by atoms with E-state index in [1.807, 2.05) is 38.2 Å². The maximum atomic E-state index is 12.1. The Morgan fingerprint density at radius 1 is 1.44 bits per heavy atom. The van der Waals surface area contributed by atoms with Crippen LogP contribution in [0.1, 0.15) is 31.4 Å². The highest BCUT2D eigenvalue weighted by Gasteiger charge is 2.28. The summed E-state index contributed by atoms with van der Waals surface area (Å²) < 4.78 is 1.06. The summed E-state index contributed by atoms with van der Waals surface area (Å²) in [4.78, 5) is 14.3. The number of nitrogens with one attached hydrogen (secondary N) is 1. The molecule has 1 aliphatic rings. The monoisotopic (exact) mass is 310 g/mol. The SMILES string of the molecule is CC(NC(=O)[C@H]1CCCN1C)c1ccc(Br)cc1. The zero-order valence-corrected chi connectivity index (χ0v) is 12.4. The normalized spacial score (nSPS) is 21.8. The van der Waals surface area contributed by atoms with Crippen LogP contribution in [0.3, 0.4) is 0 Å². The van der Waals surface area contributed by atoms with Crippen molar-refractivity contribution < 1.29 is 4.79 Å². The molecule has 1 heterocycles. The highest BCUT2D eigenvalue weighted by molar-refractivity contribution is 9.10. The summed E-state index contributed by atoms with van der Waals surface area (Å²) >= 11 is 3.41. The van der Waals surface area contributed by atoms with Crippen LogP contribution in [0.4, 0.5) is 0 Å². The topological polar surface area (TPSA) is 32.3 Å². The van der Waals surface area contributed by atoms with Crippen molar-refractivity contribution in [2.24, 2.45) is 0 Å². The number of rotatable bonds is 3. The molecule has 0 radical (unpaired) electrons. The Hall–Kier alpha value is -0.870. The van der Waals surface area contributed by atoms with Gasteiger partial charge in [-0.3, -0.25) is 9.69 Å². The van der Waals surface area contributed by atoms with Gasteiger partial charge in [-0.05, 0) is 51.1 Å². The third kappa shape index (κ3) is 3.12. The molecule has 3 nitrogen and oxygen atoms in total. The summed E-state index contributed by atoms with van der Waals surface area (Å²) in [7, 11) is 2.02. The molecule has 1 unspecified atom stereocenters. The number of nitrogens with zero attached hydrogens (tertiary/aromatic N) is 1. The van der Waals surface area contributed by atoms with Crippen LogP contribution in [-0.2, 0) is 4.79 Å². The van der Waals surface area contributed by atoms with E-state index in [2.05, 4.69) is 26.1 Å². The second-order valence-electron chi connectivity index (χ2n) is 4.92. The molecule has 1 aromatic carbocycles. The molecule has 1 amide bonds. The molecule has 98 valence electrons. The van der Waals surface area contributed by atoms with Crippen molar-refractivity contribution in [2.75, 3.05) is 13.6 Å².